The Labute approximate surface area is 168 Å². The van der Waals surface area contributed by atoms with Crippen LogP contribution in [0.2, 0.25) is 0 Å². The van der Waals surface area contributed by atoms with Crippen LogP contribution in [0.4, 0.5) is 4.39 Å². The van der Waals surface area contributed by atoms with Crippen LogP contribution < -0.4 is 5.32 Å². The highest BCUT2D eigenvalue weighted by Gasteiger charge is 2.31. The Morgan fingerprint density at radius 2 is 2.07 bits per heavy atom. The number of hydrogen-bond acceptors (Lipinski definition) is 5. The van der Waals surface area contributed by atoms with E-state index in [0.717, 1.165) is 6.07 Å². The van der Waals surface area contributed by atoms with Gasteiger partial charge < -0.3 is 9.73 Å². The topological polar surface area (TPSA) is 76.4 Å². The first-order valence-corrected chi connectivity index (χ1v) is 11.1. The molecule has 9 heteroatoms. The fourth-order valence-electron chi connectivity index (χ4n) is 2.50. The summed E-state index contributed by atoms with van der Waals surface area (Å²) in [7, 11) is -3.85. The predicted molar refractivity (Wildman–Crippen MR) is 104 cm³/mol. The molecule has 0 unspecified atom stereocenters. The molecule has 5 nitrogen and oxygen atoms in total. The molecule has 0 spiro atoms. The predicted octanol–water partition coefficient (Wildman–Crippen LogP) is 4.50. The average molecular weight is 472 g/mol. The number of furan rings is 1. The third-order valence-corrected chi connectivity index (χ3v) is 7.58. The second-order valence-electron chi connectivity index (χ2n) is 5.77. The van der Waals surface area contributed by atoms with Crippen LogP contribution in [0.3, 0.4) is 0 Å². The van der Waals surface area contributed by atoms with E-state index in [4.69, 9.17) is 4.42 Å². The zero-order chi connectivity index (χ0) is 19.6. The van der Waals surface area contributed by atoms with E-state index in [2.05, 4.69) is 21.2 Å². The van der Waals surface area contributed by atoms with E-state index >= 15 is 0 Å². The first-order chi connectivity index (χ1) is 12.8. The summed E-state index contributed by atoms with van der Waals surface area (Å²) in [6, 6.07) is 10.2. The number of thiophene rings is 1. The first kappa shape index (κ1) is 19.8. The van der Waals surface area contributed by atoms with Gasteiger partial charge in [0.2, 0.25) is 0 Å². The number of halogens is 2. The van der Waals surface area contributed by atoms with Crippen molar-refractivity contribution in [2.45, 2.75) is 17.1 Å². The molecular formula is C18H15BrFNO4S2. The third kappa shape index (κ3) is 4.31. The maximum Gasteiger partial charge on any atom is 0.287 e. The van der Waals surface area contributed by atoms with Crippen molar-refractivity contribution in [2.75, 3.05) is 6.54 Å². The summed E-state index contributed by atoms with van der Waals surface area (Å²) < 4.78 is 45.4. The second-order valence-corrected chi connectivity index (χ2v) is 9.67. The summed E-state index contributed by atoms with van der Waals surface area (Å²) in [6.45, 7) is 1.36. The van der Waals surface area contributed by atoms with Crippen LogP contribution in [0, 0.1) is 12.7 Å². The largest absolute Gasteiger partial charge is 0.444 e. The van der Waals surface area contributed by atoms with Gasteiger partial charge in [-0.15, -0.1) is 11.3 Å². The molecule has 0 saturated heterocycles. The summed E-state index contributed by atoms with van der Waals surface area (Å²) >= 11 is 4.39. The summed E-state index contributed by atoms with van der Waals surface area (Å²) in [6.07, 6.45) is 0. The van der Waals surface area contributed by atoms with Gasteiger partial charge in [-0.05, 0) is 70.2 Å². The molecule has 2 heterocycles. The van der Waals surface area contributed by atoms with E-state index < -0.39 is 26.8 Å². The van der Waals surface area contributed by atoms with E-state index in [1.54, 1.807) is 23.6 Å². The van der Waals surface area contributed by atoms with Gasteiger partial charge in [-0.1, -0.05) is 6.07 Å². The fraction of sp³-hybridized carbons (Fsp3) is 0.167. The Kier molecular flexibility index (Phi) is 5.83. The highest BCUT2D eigenvalue weighted by molar-refractivity contribution is 9.10. The zero-order valence-electron chi connectivity index (χ0n) is 14.1. The number of rotatable bonds is 6. The molecule has 142 valence electrons. The number of sulfone groups is 1. The second kappa shape index (κ2) is 7.95. The molecule has 1 amide bonds. The number of carbonyl (C=O) groups excluding carboxylic acids is 1. The van der Waals surface area contributed by atoms with Crippen molar-refractivity contribution in [3.63, 3.8) is 0 Å². The molecule has 2 aromatic heterocycles. The molecule has 3 aromatic rings. The van der Waals surface area contributed by atoms with Crippen molar-refractivity contribution < 1.29 is 22.0 Å². The SMILES string of the molecule is Cc1cc(S(=O)(=O)[C@H](CNC(=O)c2ccc(Br)o2)c2cccs2)ccc1F. The summed E-state index contributed by atoms with van der Waals surface area (Å²) in [5.74, 6) is -0.923. The van der Waals surface area contributed by atoms with Crippen LogP contribution >= 0.6 is 27.3 Å². The Balaban J connectivity index is 1.89. The summed E-state index contributed by atoms with van der Waals surface area (Å²) in [5, 5.41) is 3.37. The number of nitrogens with one attached hydrogen (secondary N) is 1. The molecular weight excluding hydrogens is 457 g/mol. The summed E-state index contributed by atoms with van der Waals surface area (Å²) in [5.41, 5.74) is 0.241. The van der Waals surface area contributed by atoms with Crippen LogP contribution in [-0.4, -0.2) is 20.9 Å². The molecule has 0 saturated carbocycles. The lowest BCUT2D eigenvalue weighted by atomic mass is 10.2. The minimum Gasteiger partial charge on any atom is -0.444 e. The molecule has 0 aliphatic heterocycles. The maximum absolute atomic E-state index is 13.5. The van der Waals surface area contributed by atoms with Gasteiger partial charge in [0.1, 0.15) is 11.1 Å². The van der Waals surface area contributed by atoms with Gasteiger partial charge in [-0.2, -0.15) is 0 Å². The van der Waals surface area contributed by atoms with Crippen molar-refractivity contribution in [3.05, 3.63) is 74.5 Å². The van der Waals surface area contributed by atoms with Crippen LogP contribution in [0.25, 0.3) is 0 Å². The van der Waals surface area contributed by atoms with Crippen molar-refractivity contribution in [3.8, 4) is 0 Å². The van der Waals surface area contributed by atoms with Crippen LogP contribution in [-0.2, 0) is 9.84 Å². The van der Waals surface area contributed by atoms with E-state index in [1.165, 1.54) is 36.5 Å². The number of benzene rings is 1. The van der Waals surface area contributed by atoms with Gasteiger partial charge in [-0.25, -0.2) is 12.8 Å². The lowest BCUT2D eigenvalue weighted by Gasteiger charge is -2.17. The molecule has 1 aromatic carbocycles. The Hall–Kier alpha value is -1.97. The highest BCUT2D eigenvalue weighted by Crippen LogP contribution is 2.32. The maximum atomic E-state index is 13.5. The van der Waals surface area contributed by atoms with Gasteiger partial charge >= 0.3 is 0 Å². The van der Waals surface area contributed by atoms with E-state index in [1.807, 2.05) is 0 Å². The van der Waals surface area contributed by atoms with Gasteiger partial charge in [0.25, 0.3) is 5.91 Å². The normalized spacial score (nSPS) is 12.7. The van der Waals surface area contributed by atoms with Crippen LogP contribution in [0.15, 0.2) is 61.8 Å². The van der Waals surface area contributed by atoms with Crippen molar-refractivity contribution in [1.82, 2.24) is 5.32 Å². The van der Waals surface area contributed by atoms with Gasteiger partial charge in [-0.3, -0.25) is 4.79 Å². The minimum atomic E-state index is -3.85. The van der Waals surface area contributed by atoms with Crippen molar-refractivity contribution in [2.24, 2.45) is 0 Å². The molecule has 0 aliphatic rings. The highest BCUT2D eigenvalue weighted by atomic mass is 79.9. The third-order valence-electron chi connectivity index (χ3n) is 3.94. The number of carbonyl (C=O) groups is 1. The average Bonchev–Trinajstić information content (AvgIpc) is 3.29. The van der Waals surface area contributed by atoms with E-state index in [-0.39, 0.29) is 22.8 Å². The molecule has 27 heavy (non-hydrogen) atoms. The van der Waals surface area contributed by atoms with E-state index in [9.17, 15) is 17.6 Å². The van der Waals surface area contributed by atoms with Crippen molar-refractivity contribution >= 4 is 43.0 Å². The number of amides is 1. The first-order valence-electron chi connectivity index (χ1n) is 7.86. The van der Waals surface area contributed by atoms with Gasteiger partial charge in [0.05, 0.1) is 4.90 Å². The molecule has 0 radical (unpaired) electrons. The molecule has 0 aliphatic carbocycles. The molecule has 1 N–H and O–H groups in total. The number of aryl methyl sites for hydroxylation is 1. The molecule has 0 fully saturated rings. The zero-order valence-corrected chi connectivity index (χ0v) is 17.3. The lowest BCUT2D eigenvalue weighted by molar-refractivity contribution is 0.0925. The van der Waals surface area contributed by atoms with Crippen molar-refractivity contribution in [1.29, 1.82) is 0 Å². The Bertz CT molecular complexity index is 1060. The molecule has 0 bridgehead atoms. The standard InChI is InChI=1S/C18H15BrFNO4S2/c1-11-9-12(4-5-13(11)20)27(23,24)16(15-3-2-8-26-15)10-21-18(22)14-6-7-17(19)25-14/h2-9,16H,10H2,1H3,(H,21,22)/t16-/m1/s1. The fourth-order valence-corrected chi connectivity index (χ4v) is 5.68. The number of hydrogen-bond donors (Lipinski definition) is 1. The Morgan fingerprint density at radius 1 is 1.30 bits per heavy atom. The van der Waals surface area contributed by atoms with Crippen LogP contribution in [0.5, 0.6) is 0 Å². The molecule has 1 atom stereocenters. The summed E-state index contributed by atoms with van der Waals surface area (Å²) in [4.78, 5) is 12.8. The smallest absolute Gasteiger partial charge is 0.287 e. The van der Waals surface area contributed by atoms with Gasteiger partial charge in [0, 0.05) is 11.4 Å². The van der Waals surface area contributed by atoms with E-state index in [0.29, 0.717) is 9.55 Å². The monoisotopic (exact) mass is 471 g/mol. The quantitative estimate of drug-likeness (QED) is 0.537. The Morgan fingerprint density at radius 3 is 2.67 bits per heavy atom. The molecule has 3 rings (SSSR count). The lowest BCUT2D eigenvalue weighted by Crippen LogP contribution is -2.31. The van der Waals surface area contributed by atoms with Gasteiger partial charge in [0.15, 0.2) is 20.3 Å². The van der Waals surface area contributed by atoms with Crippen LogP contribution in [0.1, 0.15) is 26.2 Å². The minimum absolute atomic E-state index is 0.00907.